The first kappa shape index (κ1) is 15.9. The monoisotopic (exact) mass is 268 g/mol. The average molecular weight is 268 g/mol. The molecule has 0 bridgehead atoms. The van der Waals surface area contributed by atoms with Gasteiger partial charge in [0.2, 0.25) is 0 Å². The largest absolute Gasteiger partial charge is 0.460 e. The van der Waals surface area contributed by atoms with Crippen LogP contribution in [0.4, 0.5) is 0 Å². The summed E-state index contributed by atoms with van der Waals surface area (Å²) in [7, 11) is 0. The maximum atomic E-state index is 12.1. The molecule has 0 aliphatic heterocycles. The highest BCUT2D eigenvalue weighted by molar-refractivity contribution is 6.06. The van der Waals surface area contributed by atoms with Crippen molar-refractivity contribution in [2.24, 2.45) is 5.41 Å². The first-order valence-corrected chi connectivity index (χ1v) is 6.93. The Balaban J connectivity index is 2.68. The topological polar surface area (TPSA) is 60.4 Å². The SMILES string of the molecule is CC(=O)C1(CCC(=O)OC(C)(C)C)CCCCC1=O. The predicted octanol–water partition coefficient (Wildman–Crippen LogP) is 2.83. The Labute approximate surface area is 114 Å². The summed E-state index contributed by atoms with van der Waals surface area (Å²) in [6.45, 7) is 6.87. The van der Waals surface area contributed by atoms with Crippen molar-refractivity contribution in [1.29, 1.82) is 0 Å². The van der Waals surface area contributed by atoms with Crippen molar-refractivity contribution < 1.29 is 19.1 Å². The molecule has 19 heavy (non-hydrogen) atoms. The van der Waals surface area contributed by atoms with Crippen LogP contribution in [0.1, 0.15) is 66.2 Å². The van der Waals surface area contributed by atoms with Crippen LogP contribution in [0.3, 0.4) is 0 Å². The third-order valence-electron chi connectivity index (χ3n) is 3.64. The molecule has 108 valence electrons. The molecule has 0 aromatic heterocycles. The molecule has 1 saturated carbocycles. The van der Waals surface area contributed by atoms with Crippen molar-refractivity contribution in [3.05, 3.63) is 0 Å². The highest BCUT2D eigenvalue weighted by Gasteiger charge is 2.44. The first-order valence-electron chi connectivity index (χ1n) is 6.93. The van der Waals surface area contributed by atoms with Gasteiger partial charge in [-0.3, -0.25) is 14.4 Å². The van der Waals surface area contributed by atoms with E-state index in [2.05, 4.69) is 0 Å². The summed E-state index contributed by atoms with van der Waals surface area (Å²) in [4.78, 5) is 35.7. The lowest BCUT2D eigenvalue weighted by atomic mass is 9.68. The van der Waals surface area contributed by atoms with E-state index < -0.39 is 11.0 Å². The zero-order valence-electron chi connectivity index (χ0n) is 12.4. The molecule has 1 atom stereocenters. The molecule has 4 nitrogen and oxygen atoms in total. The van der Waals surface area contributed by atoms with Crippen molar-refractivity contribution in [1.82, 2.24) is 0 Å². The van der Waals surface area contributed by atoms with E-state index in [1.54, 1.807) is 20.8 Å². The van der Waals surface area contributed by atoms with Crippen LogP contribution in [0, 0.1) is 5.41 Å². The molecule has 1 aliphatic rings. The van der Waals surface area contributed by atoms with E-state index in [0.717, 1.165) is 12.8 Å². The van der Waals surface area contributed by atoms with Gasteiger partial charge < -0.3 is 4.74 Å². The maximum absolute atomic E-state index is 12.1. The van der Waals surface area contributed by atoms with Crippen LogP contribution >= 0.6 is 0 Å². The zero-order chi connectivity index (χ0) is 14.7. The van der Waals surface area contributed by atoms with E-state index in [9.17, 15) is 14.4 Å². The number of carbonyl (C=O) groups is 3. The van der Waals surface area contributed by atoms with E-state index in [4.69, 9.17) is 4.74 Å². The summed E-state index contributed by atoms with van der Waals surface area (Å²) in [5.41, 5.74) is -1.47. The molecule has 1 fully saturated rings. The molecule has 0 saturated heterocycles. The Kier molecular flexibility index (Phi) is 4.88. The molecule has 0 spiro atoms. The van der Waals surface area contributed by atoms with Gasteiger partial charge in [0.05, 0.1) is 5.41 Å². The lowest BCUT2D eigenvalue weighted by molar-refractivity contribution is -0.156. The standard InChI is InChI=1S/C15H24O4/c1-11(16)15(9-6-5-7-12(15)17)10-8-13(18)19-14(2,3)4/h5-10H2,1-4H3. The molecular weight excluding hydrogens is 244 g/mol. The van der Waals surface area contributed by atoms with Crippen LogP contribution in [-0.2, 0) is 19.1 Å². The Bertz CT molecular complexity index is 378. The van der Waals surface area contributed by atoms with Crippen molar-refractivity contribution in [3.63, 3.8) is 0 Å². The van der Waals surface area contributed by atoms with Gasteiger partial charge in [0.25, 0.3) is 0 Å². The van der Waals surface area contributed by atoms with Crippen LogP contribution < -0.4 is 0 Å². The fourth-order valence-corrected chi connectivity index (χ4v) is 2.61. The van der Waals surface area contributed by atoms with Crippen LogP contribution in [-0.4, -0.2) is 23.1 Å². The average Bonchev–Trinajstić information content (AvgIpc) is 2.25. The summed E-state index contributed by atoms with van der Waals surface area (Å²) in [5, 5.41) is 0. The molecule has 0 heterocycles. The van der Waals surface area contributed by atoms with Gasteiger partial charge in [-0.25, -0.2) is 0 Å². The molecule has 0 radical (unpaired) electrons. The van der Waals surface area contributed by atoms with E-state index >= 15 is 0 Å². The summed E-state index contributed by atoms with van der Waals surface area (Å²) < 4.78 is 5.23. The second kappa shape index (κ2) is 5.85. The minimum Gasteiger partial charge on any atom is -0.460 e. The van der Waals surface area contributed by atoms with Gasteiger partial charge >= 0.3 is 5.97 Å². The third-order valence-corrected chi connectivity index (χ3v) is 3.64. The third kappa shape index (κ3) is 4.15. The van der Waals surface area contributed by atoms with Gasteiger partial charge in [-0.05, 0) is 47.0 Å². The summed E-state index contributed by atoms with van der Waals surface area (Å²) in [6, 6.07) is 0. The summed E-state index contributed by atoms with van der Waals surface area (Å²) in [5.74, 6) is -0.456. The number of hydrogen-bond donors (Lipinski definition) is 0. The predicted molar refractivity (Wildman–Crippen MR) is 71.7 cm³/mol. The van der Waals surface area contributed by atoms with E-state index in [1.165, 1.54) is 6.92 Å². The fraction of sp³-hybridized carbons (Fsp3) is 0.800. The fourth-order valence-electron chi connectivity index (χ4n) is 2.61. The Morgan fingerprint density at radius 2 is 1.89 bits per heavy atom. The number of ketones is 2. The molecule has 0 amide bonds. The number of Topliss-reactive ketones (excluding diaryl/α,β-unsaturated/α-hetero) is 2. The number of hydrogen-bond acceptors (Lipinski definition) is 4. The quantitative estimate of drug-likeness (QED) is 0.581. The van der Waals surface area contributed by atoms with Crippen LogP contribution in [0.25, 0.3) is 0 Å². The minimum absolute atomic E-state index is 0.00481. The van der Waals surface area contributed by atoms with Gasteiger partial charge in [-0.15, -0.1) is 0 Å². The smallest absolute Gasteiger partial charge is 0.306 e. The van der Waals surface area contributed by atoms with Gasteiger partial charge in [-0.1, -0.05) is 6.42 Å². The van der Waals surface area contributed by atoms with Gasteiger partial charge in [0.1, 0.15) is 17.2 Å². The molecular formula is C15H24O4. The number of carbonyl (C=O) groups excluding carboxylic acids is 3. The number of ether oxygens (including phenoxy) is 1. The molecule has 1 aliphatic carbocycles. The van der Waals surface area contributed by atoms with Crippen molar-refractivity contribution in [2.45, 2.75) is 71.8 Å². The molecule has 0 aromatic rings. The highest BCUT2D eigenvalue weighted by atomic mass is 16.6. The Morgan fingerprint density at radius 3 is 2.37 bits per heavy atom. The molecule has 1 rings (SSSR count). The second-order valence-corrected chi connectivity index (χ2v) is 6.36. The van der Waals surface area contributed by atoms with Crippen molar-refractivity contribution in [3.8, 4) is 0 Å². The summed E-state index contributed by atoms with van der Waals surface area (Å²) in [6.07, 6.45) is 3.16. The zero-order valence-corrected chi connectivity index (χ0v) is 12.4. The normalized spacial score (nSPS) is 24.1. The van der Waals surface area contributed by atoms with Crippen LogP contribution in [0.15, 0.2) is 0 Å². The Hall–Kier alpha value is -1.19. The lowest BCUT2D eigenvalue weighted by Gasteiger charge is -2.33. The maximum Gasteiger partial charge on any atom is 0.306 e. The molecule has 0 aromatic carbocycles. The second-order valence-electron chi connectivity index (χ2n) is 6.36. The minimum atomic E-state index is -0.935. The van der Waals surface area contributed by atoms with E-state index in [1.807, 2.05) is 0 Å². The molecule has 1 unspecified atom stereocenters. The van der Waals surface area contributed by atoms with E-state index in [-0.39, 0.29) is 30.4 Å². The van der Waals surface area contributed by atoms with Gasteiger partial charge in [0, 0.05) is 12.8 Å². The van der Waals surface area contributed by atoms with Gasteiger partial charge in [0.15, 0.2) is 0 Å². The van der Waals surface area contributed by atoms with Gasteiger partial charge in [-0.2, -0.15) is 0 Å². The van der Waals surface area contributed by atoms with E-state index in [0.29, 0.717) is 12.8 Å². The lowest BCUT2D eigenvalue weighted by Crippen LogP contribution is -2.41. The molecule has 4 heteroatoms. The first-order chi connectivity index (χ1) is 8.67. The van der Waals surface area contributed by atoms with Crippen molar-refractivity contribution in [2.75, 3.05) is 0 Å². The number of rotatable bonds is 4. The van der Waals surface area contributed by atoms with Crippen LogP contribution in [0.2, 0.25) is 0 Å². The summed E-state index contributed by atoms with van der Waals surface area (Å²) >= 11 is 0. The van der Waals surface area contributed by atoms with Crippen molar-refractivity contribution >= 4 is 17.5 Å². The van der Waals surface area contributed by atoms with Crippen LogP contribution in [0.5, 0.6) is 0 Å². The Morgan fingerprint density at radius 1 is 1.26 bits per heavy atom. The highest BCUT2D eigenvalue weighted by Crippen LogP contribution is 2.38. The molecule has 0 N–H and O–H groups in total. The number of esters is 1.